The first-order valence-corrected chi connectivity index (χ1v) is 9.10. The van der Waals surface area contributed by atoms with E-state index in [0.29, 0.717) is 12.1 Å². The second kappa shape index (κ2) is 8.83. The number of hydrogen-bond donors (Lipinski definition) is 2. The molecule has 0 saturated heterocycles. The van der Waals surface area contributed by atoms with Crippen molar-refractivity contribution in [3.05, 3.63) is 29.8 Å². The molecule has 2 rings (SSSR count). The molecule has 0 bridgehead atoms. The molecule has 2 N–H and O–H groups in total. The van der Waals surface area contributed by atoms with E-state index in [4.69, 9.17) is 0 Å². The maximum Gasteiger partial charge on any atom is 0.303 e. The van der Waals surface area contributed by atoms with Crippen LogP contribution in [0.1, 0.15) is 50.5 Å². The molecular weight excluding hydrogens is 332 g/mol. The normalized spacial score (nSPS) is 15.9. The van der Waals surface area contributed by atoms with Gasteiger partial charge in [-0.25, -0.2) is 0 Å². The smallest absolute Gasteiger partial charge is 0.303 e. The van der Waals surface area contributed by atoms with Crippen molar-refractivity contribution in [2.75, 3.05) is 19.4 Å². The molecule has 2 amide bonds. The van der Waals surface area contributed by atoms with E-state index < -0.39 is 11.4 Å². The van der Waals surface area contributed by atoms with E-state index in [1.165, 1.54) is 0 Å². The molecule has 1 aliphatic rings. The average molecular weight is 360 g/mol. The number of benzene rings is 1. The number of carbonyl (C=O) groups excluding carboxylic acids is 2. The highest BCUT2D eigenvalue weighted by Crippen LogP contribution is 2.42. The molecule has 0 spiro atoms. The Hall–Kier alpha value is -2.37. The summed E-state index contributed by atoms with van der Waals surface area (Å²) in [5.74, 6) is -0.963. The van der Waals surface area contributed by atoms with E-state index in [1.807, 2.05) is 12.1 Å². The Bertz CT molecular complexity index is 646. The fraction of sp³-hybridized carbons (Fsp3) is 0.550. The molecule has 1 aromatic carbocycles. The van der Waals surface area contributed by atoms with Crippen molar-refractivity contribution < 1.29 is 19.5 Å². The lowest BCUT2D eigenvalue weighted by Crippen LogP contribution is -2.32. The zero-order valence-corrected chi connectivity index (χ0v) is 15.6. The number of anilines is 1. The zero-order chi connectivity index (χ0) is 19.2. The number of carboxylic acid groups (broad SMARTS) is 1. The van der Waals surface area contributed by atoms with Crippen molar-refractivity contribution in [2.45, 2.75) is 51.4 Å². The topological polar surface area (TPSA) is 86.7 Å². The molecule has 0 atom stereocenters. The summed E-state index contributed by atoms with van der Waals surface area (Å²) in [7, 11) is 3.43. The minimum atomic E-state index is -0.838. The van der Waals surface area contributed by atoms with Crippen molar-refractivity contribution in [3.8, 4) is 0 Å². The molecule has 0 heterocycles. The van der Waals surface area contributed by atoms with E-state index in [0.717, 1.165) is 37.7 Å². The van der Waals surface area contributed by atoms with Gasteiger partial charge in [0.1, 0.15) is 0 Å². The van der Waals surface area contributed by atoms with Crippen molar-refractivity contribution in [3.63, 3.8) is 0 Å². The van der Waals surface area contributed by atoms with Gasteiger partial charge in [0, 0.05) is 26.2 Å². The molecule has 1 fully saturated rings. The van der Waals surface area contributed by atoms with E-state index in [-0.39, 0.29) is 24.7 Å². The average Bonchev–Trinajstić information content (AvgIpc) is 2.56. The van der Waals surface area contributed by atoms with Crippen LogP contribution in [0.25, 0.3) is 0 Å². The fourth-order valence-corrected chi connectivity index (χ4v) is 3.62. The number of amides is 2. The fourth-order valence-electron chi connectivity index (χ4n) is 3.62. The molecule has 0 aromatic heterocycles. The number of hydrogen-bond acceptors (Lipinski definition) is 3. The Kier molecular flexibility index (Phi) is 6.77. The van der Waals surface area contributed by atoms with E-state index >= 15 is 0 Å². The summed E-state index contributed by atoms with van der Waals surface area (Å²) >= 11 is 0. The summed E-state index contributed by atoms with van der Waals surface area (Å²) in [6, 6.07) is 7.21. The highest BCUT2D eigenvalue weighted by atomic mass is 16.4. The van der Waals surface area contributed by atoms with E-state index in [1.54, 1.807) is 31.1 Å². The van der Waals surface area contributed by atoms with Gasteiger partial charge in [0.05, 0.1) is 12.8 Å². The van der Waals surface area contributed by atoms with Gasteiger partial charge in [-0.15, -0.1) is 0 Å². The van der Waals surface area contributed by atoms with Crippen molar-refractivity contribution in [1.29, 1.82) is 0 Å². The molecule has 6 heteroatoms. The minimum absolute atomic E-state index is 0.0229. The van der Waals surface area contributed by atoms with Crippen LogP contribution < -0.4 is 5.32 Å². The first kappa shape index (κ1) is 19.9. The zero-order valence-electron chi connectivity index (χ0n) is 15.6. The van der Waals surface area contributed by atoms with Crippen LogP contribution in [-0.4, -0.2) is 41.9 Å². The summed E-state index contributed by atoms with van der Waals surface area (Å²) in [5, 5.41) is 12.1. The predicted molar refractivity (Wildman–Crippen MR) is 99.9 cm³/mol. The molecule has 1 aliphatic carbocycles. The highest BCUT2D eigenvalue weighted by molar-refractivity contribution is 5.91. The third-order valence-corrected chi connectivity index (χ3v) is 5.07. The minimum Gasteiger partial charge on any atom is -0.481 e. The van der Waals surface area contributed by atoms with Crippen LogP contribution in [0.3, 0.4) is 0 Å². The predicted octanol–water partition coefficient (Wildman–Crippen LogP) is 3.07. The molecule has 0 aliphatic heterocycles. The van der Waals surface area contributed by atoms with Gasteiger partial charge < -0.3 is 15.3 Å². The summed E-state index contributed by atoms with van der Waals surface area (Å²) in [5.41, 5.74) is 1.13. The van der Waals surface area contributed by atoms with Crippen molar-refractivity contribution in [1.82, 2.24) is 4.90 Å². The van der Waals surface area contributed by atoms with E-state index in [2.05, 4.69) is 5.32 Å². The lowest BCUT2D eigenvalue weighted by Gasteiger charge is -2.35. The monoisotopic (exact) mass is 360 g/mol. The Balaban J connectivity index is 1.95. The molecule has 1 saturated carbocycles. The third kappa shape index (κ3) is 5.86. The van der Waals surface area contributed by atoms with Gasteiger partial charge in [-0.3, -0.25) is 14.4 Å². The highest BCUT2D eigenvalue weighted by Gasteiger charge is 2.36. The van der Waals surface area contributed by atoms with Gasteiger partial charge in [-0.1, -0.05) is 31.4 Å². The summed E-state index contributed by atoms with van der Waals surface area (Å²) < 4.78 is 0. The van der Waals surface area contributed by atoms with Gasteiger partial charge in [-0.05, 0) is 36.0 Å². The molecule has 0 radical (unpaired) electrons. The summed E-state index contributed by atoms with van der Waals surface area (Å²) in [4.78, 5) is 36.9. The molecule has 1 aromatic rings. The first-order chi connectivity index (χ1) is 12.3. The van der Waals surface area contributed by atoms with Crippen LogP contribution in [0, 0.1) is 5.41 Å². The maximum absolute atomic E-state index is 12.5. The lowest BCUT2D eigenvalue weighted by atomic mass is 9.69. The van der Waals surface area contributed by atoms with Crippen LogP contribution >= 0.6 is 0 Å². The van der Waals surface area contributed by atoms with Crippen LogP contribution in [0.2, 0.25) is 0 Å². The van der Waals surface area contributed by atoms with Gasteiger partial charge in [0.2, 0.25) is 11.8 Å². The third-order valence-electron chi connectivity index (χ3n) is 5.07. The Morgan fingerprint density at radius 3 is 2.19 bits per heavy atom. The Morgan fingerprint density at radius 2 is 1.65 bits per heavy atom. The lowest BCUT2D eigenvalue weighted by molar-refractivity contribution is -0.141. The van der Waals surface area contributed by atoms with Crippen molar-refractivity contribution in [2.24, 2.45) is 5.41 Å². The largest absolute Gasteiger partial charge is 0.481 e. The molecule has 26 heavy (non-hydrogen) atoms. The summed E-state index contributed by atoms with van der Waals surface area (Å²) in [6.07, 6.45) is 5.26. The van der Waals surface area contributed by atoms with Gasteiger partial charge >= 0.3 is 5.97 Å². The van der Waals surface area contributed by atoms with Gasteiger partial charge in [-0.2, -0.15) is 0 Å². The number of carboxylic acids is 1. The molecule has 6 nitrogen and oxygen atoms in total. The van der Waals surface area contributed by atoms with Gasteiger partial charge in [0.15, 0.2) is 0 Å². The Morgan fingerprint density at radius 1 is 1.04 bits per heavy atom. The summed E-state index contributed by atoms with van der Waals surface area (Å²) in [6.45, 7) is 0. The quantitative estimate of drug-likeness (QED) is 0.782. The molecule has 0 unspecified atom stereocenters. The first-order valence-electron chi connectivity index (χ1n) is 9.10. The number of rotatable bonds is 7. The second-order valence-corrected chi connectivity index (χ2v) is 7.52. The van der Waals surface area contributed by atoms with Gasteiger partial charge in [0.25, 0.3) is 0 Å². The number of likely N-dealkylation sites (N-methyl/N-ethyl adjacent to an activating group) is 1. The molecule has 142 valence electrons. The van der Waals surface area contributed by atoms with Crippen LogP contribution in [-0.2, 0) is 20.8 Å². The van der Waals surface area contributed by atoms with E-state index in [9.17, 15) is 19.5 Å². The number of nitrogens with one attached hydrogen (secondary N) is 1. The standard InChI is InChI=1S/C20H28N2O4/c1-22(2)18(24)12-15-6-8-16(9-7-15)21-17(23)13-20(14-19(25)26)10-4-3-5-11-20/h6-9H,3-5,10-14H2,1-2H3,(H,21,23)(H,25,26). The Labute approximate surface area is 154 Å². The number of aliphatic carboxylic acids is 1. The molecular formula is C20H28N2O4. The SMILES string of the molecule is CN(C)C(=O)Cc1ccc(NC(=O)CC2(CC(=O)O)CCCCC2)cc1. The number of nitrogens with zero attached hydrogens (tertiary/aromatic N) is 1. The second-order valence-electron chi connectivity index (χ2n) is 7.52. The van der Waals surface area contributed by atoms with Crippen LogP contribution in [0.15, 0.2) is 24.3 Å². The van der Waals surface area contributed by atoms with Crippen LogP contribution in [0.5, 0.6) is 0 Å². The number of carbonyl (C=O) groups is 3. The van der Waals surface area contributed by atoms with Crippen molar-refractivity contribution >= 4 is 23.5 Å². The maximum atomic E-state index is 12.5. The van der Waals surface area contributed by atoms with Crippen LogP contribution in [0.4, 0.5) is 5.69 Å².